The molecule has 4 nitrogen and oxygen atoms in total. The predicted molar refractivity (Wildman–Crippen MR) is 131 cm³/mol. The molecular weight excluding hydrogens is 435 g/mol. The first kappa shape index (κ1) is 21.1. The highest BCUT2D eigenvalue weighted by atomic mass is 32.1. The van der Waals surface area contributed by atoms with Gasteiger partial charge < -0.3 is 5.11 Å². The molecule has 0 radical (unpaired) electrons. The van der Waals surface area contributed by atoms with Crippen LogP contribution in [0, 0.1) is 12.7 Å². The van der Waals surface area contributed by atoms with Gasteiger partial charge in [0, 0.05) is 16.1 Å². The van der Waals surface area contributed by atoms with Crippen LogP contribution < -0.4 is 5.56 Å². The number of phenolic OH excluding ortho intramolecular Hbond substituents is 1. The van der Waals surface area contributed by atoms with Crippen molar-refractivity contribution in [1.82, 2.24) is 9.55 Å². The van der Waals surface area contributed by atoms with E-state index in [4.69, 9.17) is 4.98 Å². The fraction of sp³-hybridized carbons (Fsp3) is 0.111. The maximum Gasteiger partial charge on any atom is 0.262 e. The molecule has 2 heterocycles. The lowest BCUT2D eigenvalue weighted by molar-refractivity contribution is 0.433. The zero-order valence-electron chi connectivity index (χ0n) is 18.0. The zero-order valence-corrected chi connectivity index (χ0v) is 18.8. The molecule has 1 N–H and O–H groups in total. The maximum atomic E-state index is 14.1. The summed E-state index contributed by atoms with van der Waals surface area (Å²) in [6.45, 7) is 2.13. The van der Waals surface area contributed by atoms with Gasteiger partial charge in [-0.2, -0.15) is 0 Å². The van der Waals surface area contributed by atoms with Crippen LogP contribution in [0.15, 0.2) is 83.7 Å². The predicted octanol–water partition coefficient (Wildman–Crippen LogP) is 6.19. The third kappa shape index (κ3) is 3.94. The minimum absolute atomic E-state index is 0.200. The van der Waals surface area contributed by atoms with Gasteiger partial charge in [0.05, 0.1) is 16.8 Å². The molecule has 0 unspecified atom stereocenters. The van der Waals surface area contributed by atoms with Crippen molar-refractivity contribution in [2.24, 2.45) is 0 Å². The second-order valence-electron chi connectivity index (χ2n) is 7.87. The number of nitrogens with zero attached hydrogens (tertiary/aromatic N) is 2. The second-order valence-corrected chi connectivity index (χ2v) is 8.96. The number of aromatic nitrogens is 2. The van der Waals surface area contributed by atoms with Crippen molar-refractivity contribution in [2.75, 3.05) is 0 Å². The van der Waals surface area contributed by atoms with Crippen molar-refractivity contribution >= 4 is 21.4 Å². The number of phenols is 1. The Hall–Kier alpha value is -3.77. The van der Waals surface area contributed by atoms with Crippen LogP contribution in [0.25, 0.3) is 31.9 Å². The number of hydrogen-bond acceptors (Lipinski definition) is 4. The van der Waals surface area contributed by atoms with Crippen molar-refractivity contribution in [3.63, 3.8) is 0 Å². The smallest absolute Gasteiger partial charge is 0.262 e. The summed E-state index contributed by atoms with van der Waals surface area (Å²) in [5.41, 5.74) is 2.14. The van der Waals surface area contributed by atoms with Crippen LogP contribution in [-0.2, 0) is 13.0 Å². The molecule has 5 rings (SSSR count). The Labute approximate surface area is 194 Å². The van der Waals surface area contributed by atoms with Gasteiger partial charge in [0.25, 0.3) is 5.56 Å². The van der Waals surface area contributed by atoms with Gasteiger partial charge in [0.15, 0.2) is 11.6 Å². The Balaban J connectivity index is 1.70. The molecule has 3 aromatic carbocycles. The topological polar surface area (TPSA) is 55.1 Å². The number of hydrogen-bond donors (Lipinski definition) is 1. The lowest BCUT2D eigenvalue weighted by Gasteiger charge is -2.16. The highest BCUT2D eigenvalue weighted by molar-refractivity contribution is 7.22. The van der Waals surface area contributed by atoms with Crippen LogP contribution in [0.4, 0.5) is 4.39 Å². The number of halogens is 1. The molecule has 6 heteroatoms. The normalized spacial score (nSPS) is 11.2. The first-order chi connectivity index (χ1) is 16.0. The number of aromatic hydroxyl groups is 1. The summed E-state index contributed by atoms with van der Waals surface area (Å²) >= 11 is 1.55. The van der Waals surface area contributed by atoms with Gasteiger partial charge in [-0.1, -0.05) is 54.6 Å². The summed E-state index contributed by atoms with van der Waals surface area (Å²) in [6, 6.07) is 24.1. The lowest BCUT2D eigenvalue weighted by atomic mass is 10.1. The van der Waals surface area contributed by atoms with Crippen LogP contribution in [0.5, 0.6) is 5.75 Å². The molecule has 0 amide bonds. The molecule has 164 valence electrons. The molecule has 2 aromatic heterocycles. The van der Waals surface area contributed by atoms with E-state index < -0.39 is 11.6 Å². The van der Waals surface area contributed by atoms with Crippen molar-refractivity contribution < 1.29 is 9.50 Å². The molecule has 5 aromatic rings. The Morgan fingerprint density at radius 3 is 2.55 bits per heavy atom. The quantitative estimate of drug-likeness (QED) is 0.343. The van der Waals surface area contributed by atoms with Crippen LogP contribution in [-0.4, -0.2) is 14.7 Å². The molecule has 0 saturated heterocycles. The van der Waals surface area contributed by atoms with Gasteiger partial charge in [0.1, 0.15) is 5.82 Å². The summed E-state index contributed by atoms with van der Waals surface area (Å²) in [5.74, 6) is -0.996. The van der Waals surface area contributed by atoms with E-state index in [1.165, 1.54) is 12.1 Å². The average Bonchev–Trinajstić information content (AvgIpc) is 3.24. The first-order valence-corrected chi connectivity index (χ1v) is 11.5. The molecule has 0 fully saturated rings. The standard InChI is InChI=1S/C27H21FN2O2S/c1-17-24(23-16-19-10-5-6-13-22(19)33-23)27(32)30(15-14-18-8-3-2-4-9-18)26(29-17)20-11-7-12-21(28)25(20)31/h2-13,16,31H,14-15H2,1H3. The van der Waals surface area contributed by atoms with Crippen LogP contribution >= 0.6 is 11.3 Å². The molecule has 0 spiro atoms. The molecule has 33 heavy (non-hydrogen) atoms. The number of para-hydroxylation sites is 1. The lowest BCUT2D eigenvalue weighted by Crippen LogP contribution is -2.27. The molecule has 0 atom stereocenters. The Morgan fingerprint density at radius 1 is 1.00 bits per heavy atom. The fourth-order valence-corrected chi connectivity index (χ4v) is 5.20. The van der Waals surface area contributed by atoms with E-state index in [2.05, 4.69) is 0 Å². The van der Waals surface area contributed by atoms with Gasteiger partial charge >= 0.3 is 0 Å². The van der Waals surface area contributed by atoms with Crippen LogP contribution in [0.3, 0.4) is 0 Å². The SMILES string of the molecule is Cc1nc(-c2cccc(F)c2O)n(CCc2ccccc2)c(=O)c1-c1cc2ccccc2s1. The third-order valence-electron chi connectivity index (χ3n) is 5.72. The number of fused-ring (bicyclic) bond motifs is 1. The molecule has 0 saturated carbocycles. The summed E-state index contributed by atoms with van der Waals surface area (Å²) in [5, 5.41) is 11.5. The summed E-state index contributed by atoms with van der Waals surface area (Å²) < 4.78 is 16.8. The molecule has 0 aliphatic rings. The van der Waals surface area contributed by atoms with Gasteiger partial charge in [-0.15, -0.1) is 11.3 Å². The summed E-state index contributed by atoms with van der Waals surface area (Å²) in [7, 11) is 0. The summed E-state index contributed by atoms with van der Waals surface area (Å²) in [6.07, 6.45) is 0.598. The molecular formula is C27H21FN2O2S. The van der Waals surface area contributed by atoms with Crippen molar-refractivity contribution in [2.45, 2.75) is 19.9 Å². The minimum Gasteiger partial charge on any atom is -0.504 e. The van der Waals surface area contributed by atoms with Gasteiger partial charge in [0.2, 0.25) is 0 Å². The maximum absolute atomic E-state index is 14.1. The Bertz CT molecular complexity index is 1490. The van der Waals surface area contributed by atoms with Crippen LogP contribution in [0.1, 0.15) is 11.3 Å². The average molecular weight is 457 g/mol. The molecule has 0 aliphatic carbocycles. The van der Waals surface area contributed by atoms with Crippen LogP contribution in [0.2, 0.25) is 0 Å². The van der Waals surface area contributed by atoms with Gasteiger partial charge in [-0.3, -0.25) is 9.36 Å². The second kappa shape index (κ2) is 8.64. The Kier molecular flexibility index (Phi) is 5.52. The number of thiophene rings is 1. The monoisotopic (exact) mass is 456 g/mol. The van der Waals surface area contributed by atoms with E-state index in [-0.39, 0.29) is 16.9 Å². The number of rotatable bonds is 5. The minimum atomic E-state index is -0.748. The zero-order chi connectivity index (χ0) is 22.9. The highest BCUT2D eigenvalue weighted by Gasteiger charge is 2.21. The van der Waals surface area contributed by atoms with E-state index in [9.17, 15) is 14.3 Å². The van der Waals surface area contributed by atoms with E-state index >= 15 is 0 Å². The highest BCUT2D eigenvalue weighted by Crippen LogP contribution is 2.35. The van der Waals surface area contributed by atoms with Crippen molar-refractivity contribution in [3.05, 3.63) is 106 Å². The number of aryl methyl sites for hydroxylation is 2. The largest absolute Gasteiger partial charge is 0.504 e. The first-order valence-electron chi connectivity index (χ1n) is 10.6. The Morgan fingerprint density at radius 2 is 1.76 bits per heavy atom. The van der Waals surface area contributed by atoms with E-state index in [1.807, 2.05) is 60.7 Å². The van der Waals surface area contributed by atoms with Crippen molar-refractivity contribution in [1.29, 1.82) is 0 Å². The molecule has 0 aliphatic heterocycles. The van der Waals surface area contributed by atoms with E-state index in [1.54, 1.807) is 28.9 Å². The summed E-state index contributed by atoms with van der Waals surface area (Å²) in [4.78, 5) is 19.4. The molecule has 0 bridgehead atoms. The van der Waals surface area contributed by atoms with Crippen molar-refractivity contribution in [3.8, 4) is 27.6 Å². The van der Waals surface area contributed by atoms with Gasteiger partial charge in [-0.25, -0.2) is 9.37 Å². The third-order valence-corrected chi connectivity index (χ3v) is 6.85. The van der Waals surface area contributed by atoms with E-state index in [0.29, 0.717) is 24.2 Å². The van der Waals surface area contributed by atoms with E-state index in [0.717, 1.165) is 20.5 Å². The van der Waals surface area contributed by atoms with Gasteiger partial charge in [-0.05, 0) is 48.6 Å². The number of benzene rings is 3. The fourth-order valence-electron chi connectivity index (χ4n) is 4.04.